The maximum absolute atomic E-state index is 5.50. The summed E-state index contributed by atoms with van der Waals surface area (Å²) in [5.41, 5.74) is 16.6. The maximum Gasteiger partial charge on any atom is 0.162 e. The first kappa shape index (κ1) is 48.0. The first-order valence-corrected chi connectivity index (χ1v) is 24.9. The Morgan fingerprint density at radius 2 is 1.70 bits per heavy atom. The highest BCUT2D eigenvalue weighted by atomic mass is 32.2. The molecule has 3 nitrogen and oxygen atoms in total. The molecule has 3 unspecified atom stereocenters. The molecule has 7 rings (SSSR count). The third kappa shape index (κ3) is 10.2. The lowest BCUT2D eigenvalue weighted by atomic mass is 9.81. The predicted molar refractivity (Wildman–Crippen MR) is 285 cm³/mol. The summed E-state index contributed by atoms with van der Waals surface area (Å²) in [4.78, 5) is 12.4. The van der Waals surface area contributed by atoms with Crippen LogP contribution >= 0.6 is 11.8 Å². The fraction of sp³-hybridized carbons (Fsp3) is 0.333. The van der Waals surface area contributed by atoms with E-state index in [4.69, 9.17) is 9.97 Å². The van der Waals surface area contributed by atoms with Gasteiger partial charge in [-0.3, -0.25) is 0 Å². The van der Waals surface area contributed by atoms with Gasteiger partial charge in [0.05, 0.1) is 16.9 Å². The molecule has 4 aromatic rings. The first-order chi connectivity index (χ1) is 31.3. The fourth-order valence-corrected chi connectivity index (χ4v) is 10.6. The lowest BCUT2D eigenvalue weighted by Gasteiger charge is -2.27. The van der Waals surface area contributed by atoms with Crippen molar-refractivity contribution in [2.45, 2.75) is 125 Å². The van der Waals surface area contributed by atoms with Gasteiger partial charge in [-0.1, -0.05) is 177 Å². The van der Waals surface area contributed by atoms with Crippen molar-refractivity contribution in [2.75, 3.05) is 0 Å². The van der Waals surface area contributed by atoms with Crippen LogP contribution in [-0.4, -0.2) is 19.8 Å². The zero-order valence-electron chi connectivity index (χ0n) is 40.3. The minimum Gasteiger partial charge on any atom is -0.313 e. The van der Waals surface area contributed by atoms with Crippen molar-refractivity contribution >= 4 is 46.1 Å². The van der Waals surface area contributed by atoms with E-state index in [1.807, 2.05) is 31.7 Å². The number of hydrogen-bond acceptors (Lipinski definition) is 3. The molecule has 3 heterocycles. The molecule has 0 N–H and O–H groups in total. The molecule has 0 radical (unpaired) electrons. The van der Waals surface area contributed by atoms with Gasteiger partial charge in [0.15, 0.2) is 5.82 Å². The molecule has 0 saturated carbocycles. The van der Waals surface area contributed by atoms with Crippen LogP contribution in [0.25, 0.3) is 57.0 Å². The summed E-state index contributed by atoms with van der Waals surface area (Å²) in [6, 6.07) is 24.6. The van der Waals surface area contributed by atoms with Gasteiger partial charge in [-0.2, -0.15) is 0 Å². The summed E-state index contributed by atoms with van der Waals surface area (Å²) in [6.07, 6.45) is 32.2. The predicted octanol–water partition coefficient (Wildman–Crippen LogP) is 17.9. The molecule has 3 aliphatic rings. The number of benzene rings is 2. The van der Waals surface area contributed by atoms with E-state index in [9.17, 15) is 0 Å². The Hall–Kier alpha value is -5.45. The Labute approximate surface area is 390 Å². The van der Waals surface area contributed by atoms with E-state index in [-0.39, 0.29) is 5.92 Å². The number of fused-ring (bicyclic) bond motifs is 2. The molecule has 1 aliphatic heterocycles. The van der Waals surface area contributed by atoms with Gasteiger partial charge in [0.1, 0.15) is 0 Å². The molecule has 332 valence electrons. The van der Waals surface area contributed by atoms with Crippen molar-refractivity contribution < 1.29 is 0 Å². The molecule has 0 fully saturated rings. The summed E-state index contributed by atoms with van der Waals surface area (Å²) in [7, 11) is 0. The van der Waals surface area contributed by atoms with Crippen LogP contribution in [0.2, 0.25) is 0 Å². The molecule has 0 saturated heterocycles. The molecule has 3 atom stereocenters. The zero-order valence-corrected chi connectivity index (χ0v) is 41.2. The van der Waals surface area contributed by atoms with Gasteiger partial charge >= 0.3 is 0 Å². The van der Waals surface area contributed by atoms with Crippen molar-refractivity contribution in [3.8, 4) is 22.6 Å². The number of aryl methyl sites for hydroxylation is 1. The van der Waals surface area contributed by atoms with Gasteiger partial charge in [0.2, 0.25) is 0 Å². The van der Waals surface area contributed by atoms with Gasteiger partial charge in [-0.25, -0.2) is 9.97 Å². The monoisotopic (exact) mass is 866 g/mol. The Morgan fingerprint density at radius 1 is 0.938 bits per heavy atom. The topological polar surface area (TPSA) is 30.7 Å². The third-order valence-corrected chi connectivity index (χ3v) is 14.1. The Balaban J connectivity index is 0.00000335. The van der Waals surface area contributed by atoms with Crippen LogP contribution in [0.5, 0.6) is 0 Å². The van der Waals surface area contributed by atoms with Crippen LogP contribution in [0.15, 0.2) is 150 Å². The summed E-state index contributed by atoms with van der Waals surface area (Å²) >= 11 is 2.05. The highest BCUT2D eigenvalue weighted by molar-refractivity contribution is 8.04. The maximum atomic E-state index is 5.50. The molecule has 2 aromatic carbocycles. The van der Waals surface area contributed by atoms with E-state index in [0.29, 0.717) is 17.0 Å². The number of thioether (sulfide) groups is 1. The van der Waals surface area contributed by atoms with Gasteiger partial charge in [0.25, 0.3) is 0 Å². The highest BCUT2D eigenvalue weighted by Crippen LogP contribution is 2.49. The van der Waals surface area contributed by atoms with E-state index in [1.165, 1.54) is 55.1 Å². The molecular weight excluding hydrogens is 795 g/mol. The zero-order chi connectivity index (χ0) is 45.8. The van der Waals surface area contributed by atoms with Gasteiger partial charge in [-0.15, -0.1) is 11.8 Å². The minimum atomic E-state index is 0.161. The average Bonchev–Trinajstić information content (AvgIpc) is 3.68. The smallest absolute Gasteiger partial charge is 0.162 e. The van der Waals surface area contributed by atoms with Crippen LogP contribution < -0.4 is 0 Å². The van der Waals surface area contributed by atoms with Crippen molar-refractivity contribution in [3.05, 3.63) is 178 Å². The number of allylic oxidation sites excluding steroid dienone is 14. The van der Waals surface area contributed by atoms with E-state index in [0.717, 1.165) is 78.5 Å². The summed E-state index contributed by atoms with van der Waals surface area (Å²) in [5, 5.41) is 1.67. The molecule has 2 bridgehead atoms. The SMILES string of the molecule is C=Cc1c(/C=C\CC)nc(-c2ccc3c4cc(cccc(CC)n(C5=CCC6SC(C/C=C\C)=C(C)C6=C5)c24)/C(=C/C=C(/CCC)C(C)/C=C\CC)C3C)nc1-c1ccccc1.CC. The number of nitrogens with zero attached hydrogens (tertiary/aromatic N) is 3. The average molecular weight is 866 g/mol. The normalized spacial score (nSPS) is 18.2. The quantitative estimate of drug-likeness (QED) is 0.112. The van der Waals surface area contributed by atoms with Gasteiger partial charge < -0.3 is 4.57 Å². The minimum absolute atomic E-state index is 0.161. The highest BCUT2D eigenvalue weighted by Gasteiger charge is 2.31. The van der Waals surface area contributed by atoms with Crippen LogP contribution in [0.3, 0.4) is 0 Å². The number of hydrogen-bond donors (Lipinski definition) is 0. The summed E-state index contributed by atoms with van der Waals surface area (Å²) in [5.74, 6) is 1.28. The fourth-order valence-electron chi connectivity index (χ4n) is 9.19. The lowest BCUT2D eigenvalue weighted by molar-refractivity contribution is 0.758. The van der Waals surface area contributed by atoms with Crippen molar-refractivity contribution in [1.29, 1.82) is 0 Å². The molecule has 0 spiro atoms. The van der Waals surface area contributed by atoms with E-state index in [1.54, 1.807) is 0 Å². The molecular formula is C60H71N3S. The Bertz CT molecular complexity index is 2640. The third-order valence-electron chi connectivity index (χ3n) is 12.6. The van der Waals surface area contributed by atoms with Crippen molar-refractivity contribution in [1.82, 2.24) is 14.5 Å². The van der Waals surface area contributed by atoms with Crippen molar-refractivity contribution in [2.24, 2.45) is 5.92 Å². The van der Waals surface area contributed by atoms with Gasteiger partial charge in [0, 0.05) is 44.6 Å². The summed E-state index contributed by atoms with van der Waals surface area (Å²) in [6.45, 7) is 26.4. The number of rotatable bonds is 15. The molecule has 2 aliphatic carbocycles. The van der Waals surface area contributed by atoms with Crippen LogP contribution in [-0.2, 0) is 6.42 Å². The van der Waals surface area contributed by atoms with Gasteiger partial charge in [-0.05, 0) is 121 Å². The van der Waals surface area contributed by atoms with Crippen molar-refractivity contribution in [3.63, 3.8) is 0 Å². The van der Waals surface area contributed by atoms with Crippen LogP contribution in [0.4, 0.5) is 0 Å². The lowest BCUT2D eigenvalue weighted by Crippen LogP contribution is -2.13. The second-order valence-electron chi connectivity index (χ2n) is 16.7. The van der Waals surface area contributed by atoms with Crippen LogP contribution in [0.1, 0.15) is 142 Å². The molecule has 2 aromatic heterocycles. The van der Waals surface area contributed by atoms with E-state index in [2.05, 4.69) is 194 Å². The largest absolute Gasteiger partial charge is 0.313 e. The standard InChI is InChI=1S/C58H65N3S.C2H6/c1-10-16-24-39(7)42(23-13-4)31-33-48-40(8)49-34-35-50(58-59-53(29-17-11-2)47(15-6)56(60-58)43-25-20-19-21-26-43)57-52(49)37-44(48)27-22-28-45(14-5)61(57)46-32-36-55-51(38-46)41(9)54(62-55)30-18-12-3;1-2/h12,15-22,24-29,31-35,37-40,55H,6,10-11,13-14,23,30,36H2,1-5,7-9H3;1-2H3/b18-12-,24-16-,27-22?,29-17-,42-31-,45-28?,48-33+;. The van der Waals surface area contributed by atoms with Crippen LogP contribution in [0, 0.1) is 5.92 Å². The second-order valence-corrected chi connectivity index (χ2v) is 18.0. The second kappa shape index (κ2) is 22.9. The molecule has 64 heavy (non-hydrogen) atoms. The number of aromatic nitrogens is 3. The Morgan fingerprint density at radius 3 is 2.41 bits per heavy atom. The Kier molecular flexibility index (Phi) is 17.2. The van der Waals surface area contributed by atoms with E-state index < -0.39 is 0 Å². The summed E-state index contributed by atoms with van der Waals surface area (Å²) < 4.78 is 2.56. The van der Waals surface area contributed by atoms with E-state index >= 15 is 0 Å². The molecule has 0 amide bonds. The molecule has 4 heteroatoms. The first-order valence-electron chi connectivity index (χ1n) is 24.1.